The molecule has 0 saturated heterocycles. The molecule has 2 heterocycles. The summed E-state index contributed by atoms with van der Waals surface area (Å²) < 4.78 is 18.9. The topological polar surface area (TPSA) is 90.1 Å². The van der Waals surface area contributed by atoms with Crippen molar-refractivity contribution in [2.75, 3.05) is 11.1 Å². The number of halogens is 1. The molecule has 0 aliphatic heterocycles. The highest BCUT2D eigenvalue weighted by atomic mass is 19.1. The summed E-state index contributed by atoms with van der Waals surface area (Å²) in [5, 5.41) is 2.69. The van der Waals surface area contributed by atoms with Crippen LogP contribution < -0.4 is 15.8 Å². The molecule has 2 aromatic rings. The second-order valence-corrected chi connectivity index (χ2v) is 4.80. The highest BCUT2D eigenvalue weighted by Gasteiger charge is 2.29. The van der Waals surface area contributed by atoms with E-state index in [-0.39, 0.29) is 23.4 Å². The smallest absolute Gasteiger partial charge is 0.256 e. The quantitative estimate of drug-likeness (QED) is 0.901. The van der Waals surface area contributed by atoms with Crippen LogP contribution in [-0.4, -0.2) is 15.9 Å². The first-order valence-corrected chi connectivity index (χ1v) is 6.47. The van der Waals surface area contributed by atoms with Crippen LogP contribution in [0.15, 0.2) is 30.6 Å². The molecular weight excluding hydrogens is 275 g/mol. The Morgan fingerprint density at radius 1 is 1.38 bits per heavy atom. The van der Waals surface area contributed by atoms with E-state index in [1.807, 2.05) is 0 Å². The molecule has 0 atom stereocenters. The van der Waals surface area contributed by atoms with E-state index < -0.39 is 5.82 Å². The number of nitrogen functional groups attached to an aromatic ring is 1. The van der Waals surface area contributed by atoms with Crippen LogP contribution in [0.1, 0.15) is 12.8 Å². The van der Waals surface area contributed by atoms with E-state index in [1.165, 1.54) is 18.5 Å². The molecule has 3 rings (SSSR count). The maximum atomic E-state index is 13.6. The number of hydrogen-bond acceptors (Lipinski definition) is 5. The molecule has 0 bridgehead atoms. The van der Waals surface area contributed by atoms with E-state index in [2.05, 4.69) is 15.3 Å². The standard InChI is InChI=1S/C14H13FN4O2/c15-11-5-9(16)7-18-14(11)21-10-3-4-17-12(6-10)19-13(20)8-1-2-8/h3-8H,1-2,16H2,(H,17,19,20). The lowest BCUT2D eigenvalue weighted by Gasteiger charge is -2.08. The molecule has 0 spiro atoms. The summed E-state index contributed by atoms with van der Waals surface area (Å²) in [6.45, 7) is 0. The predicted octanol–water partition coefficient (Wildman–Crippen LogP) is 2.34. The highest BCUT2D eigenvalue weighted by molar-refractivity contribution is 5.93. The number of amides is 1. The van der Waals surface area contributed by atoms with Gasteiger partial charge < -0.3 is 15.8 Å². The molecule has 21 heavy (non-hydrogen) atoms. The molecule has 3 N–H and O–H groups in total. The predicted molar refractivity (Wildman–Crippen MR) is 74.3 cm³/mol. The zero-order chi connectivity index (χ0) is 14.8. The molecule has 0 unspecified atom stereocenters. The lowest BCUT2D eigenvalue weighted by Crippen LogP contribution is -2.14. The first-order chi connectivity index (χ1) is 10.1. The Labute approximate surface area is 120 Å². The molecule has 1 amide bonds. The number of nitrogens with one attached hydrogen (secondary N) is 1. The van der Waals surface area contributed by atoms with Gasteiger partial charge in [0.2, 0.25) is 5.91 Å². The van der Waals surface area contributed by atoms with E-state index in [1.54, 1.807) is 6.07 Å². The fourth-order valence-corrected chi connectivity index (χ4v) is 1.74. The van der Waals surface area contributed by atoms with Gasteiger partial charge in [0.25, 0.3) is 5.88 Å². The third kappa shape index (κ3) is 3.25. The van der Waals surface area contributed by atoms with Gasteiger partial charge in [0.15, 0.2) is 5.82 Å². The number of nitrogens with two attached hydrogens (primary N) is 1. The first kappa shape index (κ1) is 13.3. The lowest BCUT2D eigenvalue weighted by molar-refractivity contribution is -0.117. The van der Waals surface area contributed by atoms with E-state index in [9.17, 15) is 9.18 Å². The van der Waals surface area contributed by atoms with Crippen molar-refractivity contribution in [3.63, 3.8) is 0 Å². The average Bonchev–Trinajstić information content (AvgIpc) is 3.27. The molecule has 0 aromatic carbocycles. The number of anilines is 2. The normalized spacial score (nSPS) is 13.8. The SMILES string of the molecule is Nc1cnc(Oc2ccnc(NC(=O)C3CC3)c2)c(F)c1. The summed E-state index contributed by atoms with van der Waals surface area (Å²) in [4.78, 5) is 19.5. The number of nitrogens with zero attached hydrogens (tertiary/aromatic N) is 2. The van der Waals surface area contributed by atoms with E-state index in [0.29, 0.717) is 11.6 Å². The maximum Gasteiger partial charge on any atom is 0.256 e. The Kier molecular flexibility index (Phi) is 3.39. The van der Waals surface area contributed by atoms with Crippen LogP contribution in [0.3, 0.4) is 0 Å². The Morgan fingerprint density at radius 3 is 2.90 bits per heavy atom. The number of ether oxygens (including phenoxy) is 1. The van der Waals surface area contributed by atoms with Crippen LogP contribution >= 0.6 is 0 Å². The molecule has 1 aliphatic carbocycles. The first-order valence-electron chi connectivity index (χ1n) is 6.47. The van der Waals surface area contributed by atoms with Crippen LogP contribution in [0.5, 0.6) is 11.6 Å². The number of pyridine rings is 2. The van der Waals surface area contributed by atoms with Gasteiger partial charge in [-0.15, -0.1) is 0 Å². The van der Waals surface area contributed by atoms with Gasteiger partial charge in [-0.25, -0.2) is 14.4 Å². The Balaban J connectivity index is 1.74. The fraction of sp³-hybridized carbons (Fsp3) is 0.214. The summed E-state index contributed by atoms with van der Waals surface area (Å²) in [5.74, 6) is -0.137. The minimum atomic E-state index is -0.657. The Hall–Kier alpha value is -2.70. The summed E-state index contributed by atoms with van der Waals surface area (Å²) in [6.07, 6.45) is 4.58. The second kappa shape index (κ2) is 5.35. The van der Waals surface area contributed by atoms with Gasteiger partial charge in [0, 0.05) is 24.2 Å². The van der Waals surface area contributed by atoms with Crippen molar-refractivity contribution >= 4 is 17.4 Å². The molecular formula is C14H13FN4O2. The molecule has 7 heteroatoms. The number of rotatable bonds is 4. The van der Waals surface area contributed by atoms with Crippen molar-refractivity contribution in [3.8, 4) is 11.6 Å². The van der Waals surface area contributed by atoms with Crippen molar-refractivity contribution < 1.29 is 13.9 Å². The van der Waals surface area contributed by atoms with Gasteiger partial charge in [-0.05, 0) is 18.9 Å². The van der Waals surface area contributed by atoms with E-state index >= 15 is 0 Å². The van der Waals surface area contributed by atoms with Crippen molar-refractivity contribution in [1.82, 2.24) is 9.97 Å². The van der Waals surface area contributed by atoms with Gasteiger partial charge in [0.1, 0.15) is 11.6 Å². The zero-order valence-electron chi connectivity index (χ0n) is 11.0. The summed E-state index contributed by atoms with van der Waals surface area (Å²) in [6, 6.07) is 4.18. The number of hydrogen-bond donors (Lipinski definition) is 2. The monoisotopic (exact) mass is 288 g/mol. The second-order valence-electron chi connectivity index (χ2n) is 4.80. The van der Waals surface area contributed by atoms with Crippen molar-refractivity contribution in [3.05, 3.63) is 36.4 Å². The van der Waals surface area contributed by atoms with E-state index in [0.717, 1.165) is 18.9 Å². The van der Waals surface area contributed by atoms with Gasteiger partial charge in [0.05, 0.1) is 11.9 Å². The molecule has 0 radical (unpaired) electrons. The Bertz CT molecular complexity index is 688. The molecule has 1 fully saturated rings. The van der Waals surface area contributed by atoms with Gasteiger partial charge in [-0.2, -0.15) is 0 Å². The number of aromatic nitrogens is 2. The third-order valence-corrected chi connectivity index (χ3v) is 2.97. The van der Waals surface area contributed by atoms with Crippen LogP contribution in [-0.2, 0) is 4.79 Å². The number of carbonyl (C=O) groups is 1. The number of carbonyl (C=O) groups excluding carboxylic acids is 1. The zero-order valence-corrected chi connectivity index (χ0v) is 11.0. The molecule has 6 nitrogen and oxygen atoms in total. The van der Waals surface area contributed by atoms with Gasteiger partial charge >= 0.3 is 0 Å². The van der Waals surface area contributed by atoms with Crippen LogP contribution in [0.25, 0.3) is 0 Å². The molecule has 108 valence electrons. The van der Waals surface area contributed by atoms with Crippen molar-refractivity contribution in [2.24, 2.45) is 5.92 Å². The molecule has 2 aromatic heterocycles. The van der Waals surface area contributed by atoms with E-state index in [4.69, 9.17) is 10.5 Å². The van der Waals surface area contributed by atoms with Crippen molar-refractivity contribution in [1.29, 1.82) is 0 Å². The summed E-state index contributed by atoms with van der Waals surface area (Å²) in [5.41, 5.74) is 5.63. The summed E-state index contributed by atoms with van der Waals surface area (Å²) >= 11 is 0. The summed E-state index contributed by atoms with van der Waals surface area (Å²) in [7, 11) is 0. The van der Waals surface area contributed by atoms with Gasteiger partial charge in [-0.3, -0.25) is 4.79 Å². The van der Waals surface area contributed by atoms with Crippen LogP contribution in [0, 0.1) is 11.7 Å². The van der Waals surface area contributed by atoms with Crippen molar-refractivity contribution in [2.45, 2.75) is 12.8 Å². The highest BCUT2D eigenvalue weighted by Crippen LogP contribution is 2.30. The van der Waals surface area contributed by atoms with Crippen LogP contribution in [0.4, 0.5) is 15.9 Å². The lowest BCUT2D eigenvalue weighted by atomic mass is 10.3. The average molecular weight is 288 g/mol. The third-order valence-electron chi connectivity index (χ3n) is 2.97. The maximum absolute atomic E-state index is 13.6. The minimum absolute atomic E-state index is 0.0589. The Morgan fingerprint density at radius 2 is 2.19 bits per heavy atom. The van der Waals surface area contributed by atoms with Crippen LogP contribution in [0.2, 0.25) is 0 Å². The fourth-order valence-electron chi connectivity index (χ4n) is 1.74. The molecule has 1 aliphatic rings. The minimum Gasteiger partial charge on any atom is -0.436 e. The van der Waals surface area contributed by atoms with Gasteiger partial charge in [-0.1, -0.05) is 0 Å². The largest absolute Gasteiger partial charge is 0.436 e. The molecule has 1 saturated carbocycles.